The first-order valence-corrected chi connectivity index (χ1v) is 9.16. The van der Waals surface area contributed by atoms with Gasteiger partial charge in [-0.15, -0.1) is 0 Å². The van der Waals surface area contributed by atoms with Crippen molar-refractivity contribution in [3.63, 3.8) is 0 Å². The van der Waals surface area contributed by atoms with Gasteiger partial charge in [-0.05, 0) is 36.4 Å². The average molecular weight is 383 g/mol. The topological polar surface area (TPSA) is 104 Å². The van der Waals surface area contributed by atoms with Gasteiger partial charge in [0, 0.05) is 23.3 Å². The molecule has 27 heavy (non-hydrogen) atoms. The van der Waals surface area contributed by atoms with Crippen LogP contribution in [0.5, 0.6) is 5.75 Å². The molecule has 0 heterocycles. The van der Waals surface area contributed by atoms with Crippen molar-refractivity contribution in [2.45, 2.75) is 4.90 Å². The number of nitro groups is 1. The van der Waals surface area contributed by atoms with Gasteiger partial charge < -0.3 is 4.18 Å². The highest BCUT2D eigenvalue weighted by atomic mass is 32.2. The number of hydrogen-bond acceptors (Lipinski definition) is 6. The lowest BCUT2D eigenvalue weighted by Gasteiger charge is -2.08. The molecule has 0 aliphatic rings. The Labute approximate surface area is 155 Å². The first-order valence-electron chi connectivity index (χ1n) is 7.75. The maximum absolute atomic E-state index is 12.3. The Bertz CT molecular complexity index is 1080. The quantitative estimate of drug-likeness (QED) is 0.279. The molecule has 0 aromatic heterocycles. The number of hydrogen-bond donors (Lipinski definition) is 0. The number of nitrogens with zero attached hydrogens (tertiary/aromatic N) is 1. The molecular weight excluding hydrogens is 370 g/mol. The largest absolute Gasteiger partial charge is 0.379 e. The van der Waals surface area contributed by atoms with E-state index in [0.717, 1.165) is 24.3 Å². The Hall–Kier alpha value is -3.52. The van der Waals surface area contributed by atoms with Crippen LogP contribution < -0.4 is 4.18 Å². The predicted molar refractivity (Wildman–Crippen MR) is 97.2 cm³/mol. The second kappa shape index (κ2) is 7.38. The summed E-state index contributed by atoms with van der Waals surface area (Å²) in [6.45, 7) is 0. The summed E-state index contributed by atoms with van der Waals surface area (Å²) >= 11 is 0. The van der Waals surface area contributed by atoms with Crippen LogP contribution in [-0.2, 0) is 10.1 Å². The fraction of sp³-hybridized carbons (Fsp3) is 0. The van der Waals surface area contributed by atoms with Gasteiger partial charge in [-0.2, -0.15) is 8.42 Å². The number of carbonyl (C=O) groups is 1. The van der Waals surface area contributed by atoms with Crippen molar-refractivity contribution in [2.24, 2.45) is 0 Å². The molecular formula is C19H13NO6S. The third-order valence-corrected chi connectivity index (χ3v) is 4.96. The Morgan fingerprint density at radius 3 is 1.93 bits per heavy atom. The zero-order valence-corrected chi connectivity index (χ0v) is 14.6. The molecule has 8 heteroatoms. The van der Waals surface area contributed by atoms with E-state index in [2.05, 4.69) is 0 Å². The fourth-order valence-electron chi connectivity index (χ4n) is 2.33. The summed E-state index contributed by atoms with van der Waals surface area (Å²) < 4.78 is 29.5. The monoisotopic (exact) mass is 383 g/mol. The standard InChI is InChI=1S/C19H13NO6S/c21-19(14-4-2-1-3-5-14)15-6-10-17(11-7-15)26-27(24,25)18-12-8-16(9-13-18)20(22)23/h1-13H. The maximum Gasteiger partial charge on any atom is 0.339 e. The SMILES string of the molecule is O=C(c1ccccc1)c1ccc(OS(=O)(=O)c2ccc([N+](=O)[O-])cc2)cc1. The number of carbonyl (C=O) groups excluding carboxylic acids is 1. The van der Waals surface area contributed by atoms with E-state index in [4.69, 9.17) is 4.18 Å². The minimum Gasteiger partial charge on any atom is -0.379 e. The van der Waals surface area contributed by atoms with Gasteiger partial charge in [0.05, 0.1) is 4.92 Å². The van der Waals surface area contributed by atoms with Crippen molar-refractivity contribution in [1.29, 1.82) is 0 Å². The number of ketones is 1. The molecule has 0 amide bonds. The highest BCUT2D eigenvalue weighted by Crippen LogP contribution is 2.22. The van der Waals surface area contributed by atoms with Crippen LogP contribution in [0.25, 0.3) is 0 Å². The molecule has 0 unspecified atom stereocenters. The Kier molecular flexibility index (Phi) is 5.00. The summed E-state index contributed by atoms with van der Waals surface area (Å²) in [5, 5.41) is 10.6. The van der Waals surface area contributed by atoms with E-state index in [9.17, 15) is 23.3 Å². The molecule has 0 saturated carbocycles. The van der Waals surface area contributed by atoms with E-state index >= 15 is 0 Å². The van der Waals surface area contributed by atoms with E-state index < -0.39 is 15.0 Å². The highest BCUT2D eigenvalue weighted by molar-refractivity contribution is 7.87. The van der Waals surface area contributed by atoms with Crippen LogP contribution >= 0.6 is 0 Å². The van der Waals surface area contributed by atoms with Gasteiger partial charge in [-0.1, -0.05) is 30.3 Å². The molecule has 3 aromatic rings. The summed E-state index contributed by atoms with van der Waals surface area (Å²) in [5.41, 5.74) is 0.684. The Morgan fingerprint density at radius 1 is 0.815 bits per heavy atom. The molecule has 0 saturated heterocycles. The van der Waals surface area contributed by atoms with Crippen LogP contribution in [0.1, 0.15) is 15.9 Å². The second-order valence-electron chi connectivity index (χ2n) is 5.51. The van der Waals surface area contributed by atoms with E-state index in [-0.39, 0.29) is 22.1 Å². The van der Waals surface area contributed by atoms with Crippen molar-refractivity contribution in [3.8, 4) is 5.75 Å². The van der Waals surface area contributed by atoms with Crippen LogP contribution in [0.4, 0.5) is 5.69 Å². The van der Waals surface area contributed by atoms with E-state index in [1.54, 1.807) is 30.3 Å². The van der Waals surface area contributed by atoms with Crippen molar-refractivity contribution in [3.05, 3.63) is 100 Å². The van der Waals surface area contributed by atoms with Crippen LogP contribution in [0.2, 0.25) is 0 Å². The number of non-ortho nitro benzene ring substituents is 1. The fourth-order valence-corrected chi connectivity index (χ4v) is 3.26. The predicted octanol–water partition coefficient (Wildman–Crippen LogP) is 3.59. The lowest BCUT2D eigenvalue weighted by Crippen LogP contribution is -2.10. The molecule has 0 spiro atoms. The average Bonchev–Trinajstić information content (AvgIpc) is 2.68. The number of benzene rings is 3. The maximum atomic E-state index is 12.3. The molecule has 3 aromatic carbocycles. The lowest BCUT2D eigenvalue weighted by atomic mass is 10.0. The molecule has 3 rings (SSSR count). The summed E-state index contributed by atoms with van der Waals surface area (Å²) in [7, 11) is -4.15. The lowest BCUT2D eigenvalue weighted by molar-refractivity contribution is -0.384. The summed E-state index contributed by atoms with van der Waals surface area (Å²) in [6.07, 6.45) is 0. The van der Waals surface area contributed by atoms with Gasteiger partial charge >= 0.3 is 10.1 Å². The van der Waals surface area contributed by atoms with Gasteiger partial charge in [0.15, 0.2) is 5.78 Å². The molecule has 0 aliphatic carbocycles. The first-order chi connectivity index (χ1) is 12.9. The van der Waals surface area contributed by atoms with Crippen LogP contribution in [0, 0.1) is 10.1 Å². The normalized spacial score (nSPS) is 11.0. The van der Waals surface area contributed by atoms with Crippen molar-refractivity contribution in [2.75, 3.05) is 0 Å². The van der Waals surface area contributed by atoms with E-state index in [1.165, 1.54) is 24.3 Å². The zero-order valence-electron chi connectivity index (χ0n) is 13.8. The van der Waals surface area contributed by atoms with E-state index in [1.807, 2.05) is 0 Å². The van der Waals surface area contributed by atoms with Gasteiger partial charge in [-0.25, -0.2) is 0 Å². The Morgan fingerprint density at radius 2 is 1.37 bits per heavy atom. The molecule has 136 valence electrons. The number of rotatable bonds is 6. The minimum absolute atomic E-state index is 0.0259. The highest BCUT2D eigenvalue weighted by Gasteiger charge is 2.18. The molecule has 0 N–H and O–H groups in total. The van der Waals surface area contributed by atoms with Crippen molar-refractivity contribution in [1.82, 2.24) is 0 Å². The van der Waals surface area contributed by atoms with Crippen LogP contribution in [0.3, 0.4) is 0 Å². The number of nitro benzene ring substituents is 1. The minimum atomic E-state index is -4.15. The summed E-state index contributed by atoms with van der Waals surface area (Å²) in [6, 6.07) is 18.7. The van der Waals surface area contributed by atoms with Gasteiger partial charge in [0.1, 0.15) is 10.6 Å². The first kappa shape index (κ1) is 18.3. The molecule has 0 bridgehead atoms. The van der Waals surface area contributed by atoms with Crippen LogP contribution in [-0.4, -0.2) is 19.1 Å². The molecule has 0 radical (unpaired) electrons. The molecule has 0 aliphatic heterocycles. The van der Waals surface area contributed by atoms with Gasteiger partial charge in [0.2, 0.25) is 0 Å². The molecule has 7 nitrogen and oxygen atoms in total. The molecule has 0 fully saturated rings. The smallest absolute Gasteiger partial charge is 0.339 e. The molecule has 0 atom stereocenters. The third kappa shape index (κ3) is 4.18. The van der Waals surface area contributed by atoms with Crippen LogP contribution in [0.15, 0.2) is 83.8 Å². The van der Waals surface area contributed by atoms with Gasteiger partial charge in [-0.3, -0.25) is 14.9 Å². The zero-order chi connectivity index (χ0) is 19.4. The second-order valence-corrected chi connectivity index (χ2v) is 7.05. The third-order valence-electron chi connectivity index (χ3n) is 3.69. The summed E-state index contributed by atoms with van der Waals surface area (Å²) in [4.78, 5) is 22.1. The van der Waals surface area contributed by atoms with Crippen molar-refractivity contribution >= 4 is 21.6 Å². The summed E-state index contributed by atoms with van der Waals surface area (Å²) in [5.74, 6) is -0.168. The Balaban J connectivity index is 1.77. The van der Waals surface area contributed by atoms with Gasteiger partial charge in [0.25, 0.3) is 5.69 Å². The van der Waals surface area contributed by atoms with E-state index in [0.29, 0.717) is 11.1 Å². The van der Waals surface area contributed by atoms with Crippen molar-refractivity contribution < 1.29 is 22.3 Å².